The zero-order valence-corrected chi connectivity index (χ0v) is 12.0. The Balaban J connectivity index is 2.58. The molecule has 0 saturated heterocycles. The van der Waals surface area contributed by atoms with Crippen molar-refractivity contribution in [2.45, 2.75) is 39.2 Å². The smallest absolute Gasteiger partial charge is 0.191 e. The lowest BCUT2D eigenvalue weighted by Gasteiger charge is -2.37. The van der Waals surface area contributed by atoms with Crippen molar-refractivity contribution in [2.24, 2.45) is 16.6 Å². The molecule has 0 aromatic carbocycles. The summed E-state index contributed by atoms with van der Waals surface area (Å²) in [5.41, 5.74) is 6.13. The van der Waals surface area contributed by atoms with E-state index in [9.17, 15) is 0 Å². The Kier molecular flexibility index (Phi) is 4.80. The van der Waals surface area contributed by atoms with E-state index in [-0.39, 0.29) is 5.54 Å². The predicted molar refractivity (Wildman–Crippen MR) is 74.2 cm³/mol. The number of hydrogen-bond acceptors (Lipinski definition) is 4. The second kappa shape index (κ2) is 5.71. The average Bonchev–Trinajstić information content (AvgIpc) is 2.50. The van der Waals surface area contributed by atoms with Gasteiger partial charge in [0.05, 0.1) is 12.1 Å². The summed E-state index contributed by atoms with van der Waals surface area (Å²) in [7, 11) is 4.18. The van der Waals surface area contributed by atoms with Crippen molar-refractivity contribution in [3.8, 4) is 0 Å². The molecule has 0 radical (unpaired) electrons. The number of aliphatic imine (C=N–C) groups is 1. The largest absolute Gasteiger partial charge is 0.370 e. The molecule has 0 spiro atoms. The lowest BCUT2D eigenvalue weighted by molar-refractivity contribution is 0.182. The van der Waals surface area contributed by atoms with Gasteiger partial charge in [-0.2, -0.15) is 0 Å². The third-order valence-corrected chi connectivity index (χ3v) is 3.54. The second-order valence-corrected chi connectivity index (χ2v) is 6.06. The van der Waals surface area contributed by atoms with Crippen LogP contribution in [0.3, 0.4) is 0 Å². The van der Waals surface area contributed by atoms with E-state index in [2.05, 4.69) is 49.7 Å². The first-order valence-corrected chi connectivity index (χ1v) is 6.57. The zero-order valence-electron chi connectivity index (χ0n) is 12.0. The summed E-state index contributed by atoms with van der Waals surface area (Å²) in [6.45, 7) is 9.66. The summed E-state index contributed by atoms with van der Waals surface area (Å²) in [6.07, 6.45) is 2.40. The predicted octanol–water partition coefficient (Wildman–Crippen LogP) is 1.37. The summed E-state index contributed by atoms with van der Waals surface area (Å²) in [6, 6.07) is 0. The van der Waals surface area contributed by atoms with E-state index in [1.54, 1.807) is 0 Å². The lowest BCUT2D eigenvalue weighted by Crippen LogP contribution is -2.51. The third kappa shape index (κ3) is 3.87. The minimum atomic E-state index is 0.129. The number of nitrogens with two attached hydrogens (primary N) is 1. The standard InChI is InChI=1S/C13H28N4/c1-11(2)6-7-13(3)10-15-12(14)17(13)9-8-16(4)5/h11H,6-10H2,1-5H3,(H2,14,15). The minimum Gasteiger partial charge on any atom is -0.370 e. The van der Waals surface area contributed by atoms with Crippen molar-refractivity contribution >= 4 is 5.96 Å². The van der Waals surface area contributed by atoms with E-state index in [0.717, 1.165) is 31.5 Å². The number of hydrogen-bond donors (Lipinski definition) is 1. The highest BCUT2D eigenvalue weighted by Gasteiger charge is 2.37. The number of rotatable bonds is 6. The number of guanidine groups is 1. The van der Waals surface area contributed by atoms with Crippen LogP contribution in [0.25, 0.3) is 0 Å². The van der Waals surface area contributed by atoms with Crippen molar-refractivity contribution in [2.75, 3.05) is 33.7 Å². The highest BCUT2D eigenvalue weighted by atomic mass is 15.4. The van der Waals surface area contributed by atoms with Crippen LogP contribution in [-0.2, 0) is 0 Å². The maximum absolute atomic E-state index is 6.00. The molecule has 1 rings (SSSR count). The molecule has 4 heteroatoms. The van der Waals surface area contributed by atoms with Gasteiger partial charge < -0.3 is 15.5 Å². The topological polar surface area (TPSA) is 44.9 Å². The first-order valence-electron chi connectivity index (χ1n) is 6.57. The van der Waals surface area contributed by atoms with Gasteiger partial charge in [0.15, 0.2) is 5.96 Å². The molecule has 1 aliphatic rings. The first-order chi connectivity index (χ1) is 7.85. The van der Waals surface area contributed by atoms with Crippen molar-refractivity contribution in [3.05, 3.63) is 0 Å². The van der Waals surface area contributed by atoms with Gasteiger partial charge in [-0.25, -0.2) is 0 Å². The fourth-order valence-electron chi connectivity index (χ4n) is 2.20. The molecule has 1 heterocycles. The molecule has 0 fully saturated rings. The fraction of sp³-hybridized carbons (Fsp3) is 0.923. The van der Waals surface area contributed by atoms with Crippen LogP contribution in [0.4, 0.5) is 0 Å². The van der Waals surface area contributed by atoms with Crippen molar-refractivity contribution in [3.63, 3.8) is 0 Å². The normalized spacial score (nSPS) is 24.9. The molecule has 1 aliphatic heterocycles. The van der Waals surface area contributed by atoms with Gasteiger partial charge in [0, 0.05) is 13.1 Å². The van der Waals surface area contributed by atoms with Gasteiger partial charge in [-0.15, -0.1) is 0 Å². The second-order valence-electron chi connectivity index (χ2n) is 6.06. The van der Waals surface area contributed by atoms with Crippen LogP contribution in [0.2, 0.25) is 0 Å². The van der Waals surface area contributed by atoms with Crippen LogP contribution in [0.5, 0.6) is 0 Å². The molecular formula is C13H28N4. The van der Waals surface area contributed by atoms with Crippen molar-refractivity contribution in [1.29, 1.82) is 0 Å². The van der Waals surface area contributed by atoms with Crippen molar-refractivity contribution < 1.29 is 0 Å². The van der Waals surface area contributed by atoms with Gasteiger partial charge >= 0.3 is 0 Å². The molecule has 0 aromatic rings. The monoisotopic (exact) mass is 240 g/mol. The highest BCUT2D eigenvalue weighted by Crippen LogP contribution is 2.27. The van der Waals surface area contributed by atoms with Crippen LogP contribution in [-0.4, -0.2) is 55.0 Å². The van der Waals surface area contributed by atoms with E-state index >= 15 is 0 Å². The van der Waals surface area contributed by atoms with E-state index < -0.39 is 0 Å². The molecule has 0 saturated carbocycles. The van der Waals surface area contributed by atoms with Crippen molar-refractivity contribution in [1.82, 2.24) is 9.80 Å². The molecule has 1 unspecified atom stereocenters. The molecule has 100 valence electrons. The summed E-state index contributed by atoms with van der Waals surface area (Å²) >= 11 is 0. The van der Waals surface area contributed by atoms with Gasteiger partial charge in [-0.3, -0.25) is 4.99 Å². The highest BCUT2D eigenvalue weighted by molar-refractivity contribution is 5.80. The van der Waals surface area contributed by atoms with Gasteiger partial charge in [0.1, 0.15) is 0 Å². The van der Waals surface area contributed by atoms with E-state index in [1.165, 1.54) is 12.8 Å². The van der Waals surface area contributed by atoms with Crippen LogP contribution in [0.1, 0.15) is 33.6 Å². The van der Waals surface area contributed by atoms with E-state index in [1.807, 2.05) is 0 Å². The summed E-state index contributed by atoms with van der Waals surface area (Å²) in [5.74, 6) is 1.46. The van der Waals surface area contributed by atoms with Gasteiger partial charge in [-0.1, -0.05) is 13.8 Å². The molecule has 0 bridgehead atoms. The van der Waals surface area contributed by atoms with Crippen LogP contribution >= 0.6 is 0 Å². The molecule has 0 amide bonds. The number of nitrogens with zero attached hydrogens (tertiary/aromatic N) is 3. The van der Waals surface area contributed by atoms with Crippen LogP contribution in [0.15, 0.2) is 4.99 Å². The van der Waals surface area contributed by atoms with Gasteiger partial charge in [-0.05, 0) is 39.8 Å². The van der Waals surface area contributed by atoms with Crippen LogP contribution < -0.4 is 5.73 Å². The Bertz CT molecular complexity index is 273. The Morgan fingerprint density at radius 1 is 1.47 bits per heavy atom. The summed E-state index contributed by atoms with van der Waals surface area (Å²) in [5, 5.41) is 0. The maximum Gasteiger partial charge on any atom is 0.191 e. The van der Waals surface area contributed by atoms with E-state index in [0.29, 0.717) is 0 Å². The quantitative estimate of drug-likeness (QED) is 0.763. The Hall–Kier alpha value is -0.770. The van der Waals surface area contributed by atoms with E-state index in [4.69, 9.17) is 5.73 Å². The summed E-state index contributed by atoms with van der Waals surface area (Å²) < 4.78 is 0. The molecule has 4 nitrogen and oxygen atoms in total. The van der Waals surface area contributed by atoms with Crippen LogP contribution in [0, 0.1) is 5.92 Å². The fourth-order valence-corrected chi connectivity index (χ4v) is 2.20. The first kappa shape index (κ1) is 14.3. The Morgan fingerprint density at radius 3 is 2.65 bits per heavy atom. The average molecular weight is 240 g/mol. The third-order valence-electron chi connectivity index (χ3n) is 3.54. The molecule has 0 aliphatic carbocycles. The number of likely N-dealkylation sites (N-methyl/N-ethyl adjacent to an activating group) is 1. The SMILES string of the molecule is CC(C)CCC1(C)CN=C(N)N1CCN(C)C. The molecule has 1 atom stereocenters. The maximum atomic E-state index is 6.00. The lowest BCUT2D eigenvalue weighted by atomic mass is 9.91. The summed E-state index contributed by atoms with van der Waals surface area (Å²) in [4.78, 5) is 8.90. The zero-order chi connectivity index (χ0) is 13.1. The molecule has 0 aromatic heterocycles. The molecule has 17 heavy (non-hydrogen) atoms. The molecular weight excluding hydrogens is 212 g/mol. The molecule has 2 N–H and O–H groups in total. The van der Waals surface area contributed by atoms with Gasteiger partial charge in [0.25, 0.3) is 0 Å². The van der Waals surface area contributed by atoms with Gasteiger partial charge in [0.2, 0.25) is 0 Å². The Labute approximate surface area is 106 Å². The Morgan fingerprint density at radius 2 is 2.12 bits per heavy atom. The minimum absolute atomic E-state index is 0.129.